The Kier molecular flexibility index (Phi) is 3.09. The quantitative estimate of drug-likeness (QED) is 0.891. The Hall–Kier alpha value is -0.970. The zero-order valence-electron chi connectivity index (χ0n) is 9.76. The number of nitrogens with one attached hydrogen (secondary N) is 1. The van der Waals surface area contributed by atoms with Crippen LogP contribution in [-0.4, -0.2) is 27.1 Å². The molecule has 17 heavy (non-hydrogen) atoms. The average Bonchev–Trinajstić information content (AvgIpc) is 3.17. The van der Waals surface area contributed by atoms with Gasteiger partial charge < -0.3 is 9.88 Å². The Morgan fingerprint density at radius 3 is 3.00 bits per heavy atom. The van der Waals surface area contributed by atoms with Crippen molar-refractivity contribution >= 4 is 17.6 Å². The number of hydrogen-bond donors (Lipinski definition) is 1. The summed E-state index contributed by atoms with van der Waals surface area (Å²) in [7, 11) is 0. The van der Waals surface area contributed by atoms with Crippen LogP contribution in [-0.2, 0) is 0 Å². The highest BCUT2D eigenvalue weighted by atomic mass is 32.2. The number of aromatic nitrogens is 2. The number of rotatable bonds is 3. The Balaban J connectivity index is 1.77. The van der Waals surface area contributed by atoms with Gasteiger partial charge in [-0.05, 0) is 31.4 Å². The van der Waals surface area contributed by atoms with Gasteiger partial charge in [-0.3, -0.25) is 4.79 Å². The van der Waals surface area contributed by atoms with Crippen molar-refractivity contribution in [2.75, 3.05) is 16.8 Å². The molecule has 0 spiro atoms. The SMILES string of the molecule is O=c1c(NC2CCCSC2)nccn1C1CC1. The number of nitrogens with zero attached hydrogens (tertiary/aromatic N) is 2. The summed E-state index contributed by atoms with van der Waals surface area (Å²) in [5, 5.41) is 3.31. The molecule has 0 amide bonds. The van der Waals surface area contributed by atoms with Crippen LogP contribution in [0.4, 0.5) is 5.82 Å². The molecule has 4 nitrogen and oxygen atoms in total. The first kappa shape index (κ1) is 11.1. The molecular formula is C12H17N3OS. The minimum atomic E-state index is 0.0468. The van der Waals surface area contributed by atoms with Gasteiger partial charge in [0.25, 0.3) is 5.56 Å². The number of hydrogen-bond acceptors (Lipinski definition) is 4. The molecule has 3 rings (SSSR count). The Morgan fingerprint density at radius 2 is 2.29 bits per heavy atom. The molecule has 92 valence electrons. The third kappa shape index (κ3) is 2.49. The van der Waals surface area contributed by atoms with Crippen molar-refractivity contribution in [2.24, 2.45) is 0 Å². The predicted molar refractivity (Wildman–Crippen MR) is 70.7 cm³/mol. The lowest BCUT2D eigenvalue weighted by atomic mass is 10.2. The third-order valence-electron chi connectivity index (χ3n) is 3.31. The van der Waals surface area contributed by atoms with E-state index in [0.29, 0.717) is 17.9 Å². The molecule has 1 atom stereocenters. The second kappa shape index (κ2) is 4.72. The summed E-state index contributed by atoms with van der Waals surface area (Å²) in [4.78, 5) is 16.3. The monoisotopic (exact) mass is 251 g/mol. The van der Waals surface area contributed by atoms with Crippen LogP contribution >= 0.6 is 11.8 Å². The van der Waals surface area contributed by atoms with E-state index in [0.717, 1.165) is 25.0 Å². The minimum Gasteiger partial charge on any atom is -0.362 e. The molecule has 0 aromatic carbocycles. The molecule has 1 saturated heterocycles. The van der Waals surface area contributed by atoms with E-state index in [4.69, 9.17) is 0 Å². The van der Waals surface area contributed by atoms with Gasteiger partial charge in [-0.1, -0.05) is 0 Å². The van der Waals surface area contributed by atoms with Crippen LogP contribution in [0.25, 0.3) is 0 Å². The lowest BCUT2D eigenvalue weighted by Crippen LogP contribution is -2.31. The summed E-state index contributed by atoms with van der Waals surface area (Å²) in [6, 6.07) is 0.829. The lowest BCUT2D eigenvalue weighted by Gasteiger charge is -2.22. The van der Waals surface area contributed by atoms with Crippen LogP contribution < -0.4 is 10.9 Å². The summed E-state index contributed by atoms with van der Waals surface area (Å²) in [5.41, 5.74) is 0.0468. The first-order chi connectivity index (χ1) is 8.34. The third-order valence-corrected chi connectivity index (χ3v) is 4.52. The summed E-state index contributed by atoms with van der Waals surface area (Å²) >= 11 is 1.95. The zero-order valence-corrected chi connectivity index (χ0v) is 10.6. The summed E-state index contributed by atoms with van der Waals surface area (Å²) < 4.78 is 1.82. The molecule has 2 fully saturated rings. The predicted octanol–water partition coefficient (Wildman–Crippen LogP) is 1.89. The molecule has 2 heterocycles. The summed E-state index contributed by atoms with van der Waals surface area (Å²) in [6.07, 6.45) is 8.17. The van der Waals surface area contributed by atoms with E-state index in [-0.39, 0.29) is 5.56 Å². The normalized spacial score (nSPS) is 24.6. The Labute approximate surface area is 105 Å². The second-order valence-electron chi connectivity index (χ2n) is 4.78. The van der Waals surface area contributed by atoms with Gasteiger partial charge in [0, 0.05) is 30.2 Å². The van der Waals surface area contributed by atoms with Crippen molar-refractivity contribution in [3.05, 3.63) is 22.7 Å². The number of anilines is 1. The molecule has 1 aliphatic heterocycles. The van der Waals surface area contributed by atoms with Crippen molar-refractivity contribution in [1.82, 2.24) is 9.55 Å². The average molecular weight is 251 g/mol. The van der Waals surface area contributed by atoms with E-state index in [1.54, 1.807) is 12.4 Å². The van der Waals surface area contributed by atoms with Crippen LogP contribution in [0.1, 0.15) is 31.7 Å². The maximum absolute atomic E-state index is 12.2. The van der Waals surface area contributed by atoms with Gasteiger partial charge in [0.1, 0.15) is 0 Å². The molecule has 1 aromatic rings. The van der Waals surface area contributed by atoms with Crippen LogP contribution in [0.2, 0.25) is 0 Å². The first-order valence-electron chi connectivity index (χ1n) is 6.26. The molecule has 0 bridgehead atoms. The Morgan fingerprint density at radius 1 is 1.41 bits per heavy atom. The highest BCUT2D eigenvalue weighted by Gasteiger charge is 2.25. The molecule has 1 N–H and O–H groups in total. The standard InChI is InChI=1S/C12H17N3OS/c16-12-11(14-9-2-1-7-17-8-9)13-5-6-15(12)10-3-4-10/h5-6,9-10H,1-4,7-8H2,(H,13,14). The van der Waals surface area contributed by atoms with Gasteiger partial charge in [-0.25, -0.2) is 4.98 Å². The van der Waals surface area contributed by atoms with Gasteiger partial charge in [0.15, 0.2) is 5.82 Å². The van der Waals surface area contributed by atoms with Crippen molar-refractivity contribution < 1.29 is 0 Å². The van der Waals surface area contributed by atoms with Gasteiger partial charge in [0.05, 0.1) is 0 Å². The first-order valence-corrected chi connectivity index (χ1v) is 7.41. The molecular weight excluding hydrogens is 234 g/mol. The van der Waals surface area contributed by atoms with Crippen molar-refractivity contribution in [2.45, 2.75) is 37.8 Å². The zero-order chi connectivity index (χ0) is 11.7. The van der Waals surface area contributed by atoms with E-state index in [1.165, 1.54) is 12.2 Å². The van der Waals surface area contributed by atoms with Crippen molar-refractivity contribution in [3.8, 4) is 0 Å². The van der Waals surface area contributed by atoms with E-state index >= 15 is 0 Å². The topological polar surface area (TPSA) is 46.9 Å². The van der Waals surface area contributed by atoms with Gasteiger partial charge in [-0.2, -0.15) is 11.8 Å². The minimum absolute atomic E-state index is 0.0468. The fourth-order valence-electron chi connectivity index (χ4n) is 2.21. The highest BCUT2D eigenvalue weighted by molar-refractivity contribution is 7.99. The highest BCUT2D eigenvalue weighted by Crippen LogP contribution is 2.33. The largest absolute Gasteiger partial charge is 0.362 e. The fraction of sp³-hybridized carbons (Fsp3) is 0.667. The lowest BCUT2D eigenvalue weighted by molar-refractivity contribution is 0.665. The van der Waals surface area contributed by atoms with Gasteiger partial charge >= 0.3 is 0 Å². The van der Waals surface area contributed by atoms with Crippen LogP contribution in [0, 0.1) is 0 Å². The molecule has 0 radical (unpaired) electrons. The molecule has 1 unspecified atom stereocenters. The molecule has 1 saturated carbocycles. The second-order valence-corrected chi connectivity index (χ2v) is 5.93. The van der Waals surface area contributed by atoms with E-state index in [2.05, 4.69) is 10.3 Å². The van der Waals surface area contributed by atoms with E-state index in [1.807, 2.05) is 16.3 Å². The molecule has 5 heteroatoms. The smallest absolute Gasteiger partial charge is 0.293 e. The molecule has 1 aromatic heterocycles. The maximum Gasteiger partial charge on any atom is 0.293 e. The number of thioether (sulfide) groups is 1. The van der Waals surface area contributed by atoms with Crippen molar-refractivity contribution in [3.63, 3.8) is 0 Å². The Bertz CT molecular complexity index is 449. The van der Waals surface area contributed by atoms with Gasteiger partial charge in [0.2, 0.25) is 0 Å². The van der Waals surface area contributed by atoms with E-state index < -0.39 is 0 Å². The van der Waals surface area contributed by atoms with Gasteiger partial charge in [-0.15, -0.1) is 0 Å². The van der Waals surface area contributed by atoms with E-state index in [9.17, 15) is 4.79 Å². The van der Waals surface area contributed by atoms with Crippen LogP contribution in [0.15, 0.2) is 17.2 Å². The van der Waals surface area contributed by atoms with Crippen molar-refractivity contribution in [1.29, 1.82) is 0 Å². The van der Waals surface area contributed by atoms with Crippen LogP contribution in [0.5, 0.6) is 0 Å². The summed E-state index contributed by atoms with van der Waals surface area (Å²) in [6.45, 7) is 0. The fourth-order valence-corrected chi connectivity index (χ4v) is 3.28. The summed E-state index contributed by atoms with van der Waals surface area (Å²) in [5.74, 6) is 2.86. The van der Waals surface area contributed by atoms with Crippen LogP contribution in [0.3, 0.4) is 0 Å². The molecule has 1 aliphatic carbocycles. The maximum atomic E-state index is 12.2. The molecule has 2 aliphatic rings.